The van der Waals surface area contributed by atoms with E-state index in [2.05, 4.69) is 6.07 Å². The summed E-state index contributed by atoms with van der Waals surface area (Å²) in [7, 11) is 0. The van der Waals surface area contributed by atoms with E-state index < -0.39 is 0 Å². The van der Waals surface area contributed by atoms with Crippen LogP contribution in [0, 0.1) is 11.3 Å². The summed E-state index contributed by atoms with van der Waals surface area (Å²) in [6.07, 6.45) is 0. The lowest BCUT2D eigenvalue weighted by Gasteiger charge is -2.26. The van der Waals surface area contributed by atoms with Crippen LogP contribution < -0.4 is 4.90 Å². The second-order valence-electron chi connectivity index (χ2n) is 6.51. The molecule has 1 atom stereocenters. The maximum Gasteiger partial charge on any atom is 0.240 e. The van der Waals surface area contributed by atoms with Gasteiger partial charge in [0.05, 0.1) is 23.4 Å². The van der Waals surface area contributed by atoms with Crippen molar-refractivity contribution in [3.05, 3.63) is 102 Å². The summed E-state index contributed by atoms with van der Waals surface area (Å²) >= 11 is 1.61. The molecule has 0 radical (unpaired) electrons. The van der Waals surface area contributed by atoms with Gasteiger partial charge in [0.15, 0.2) is 0 Å². The van der Waals surface area contributed by atoms with Crippen molar-refractivity contribution in [3.63, 3.8) is 0 Å². The molecule has 0 aromatic heterocycles. The SMILES string of the molecule is CC(SCc1ccc(C#N)cc1)C(=O)N(Cc1ccccc1)c1ccccc1. The van der Waals surface area contributed by atoms with E-state index >= 15 is 0 Å². The zero-order valence-corrected chi connectivity index (χ0v) is 16.6. The third-order valence-corrected chi connectivity index (χ3v) is 5.65. The summed E-state index contributed by atoms with van der Waals surface area (Å²) in [5, 5.41) is 8.72. The fraction of sp³-hybridized carbons (Fsp3) is 0.167. The third kappa shape index (κ3) is 5.25. The first-order chi connectivity index (χ1) is 13.7. The molecule has 0 saturated carbocycles. The average molecular weight is 387 g/mol. The number of carbonyl (C=O) groups excluding carboxylic acids is 1. The molecule has 0 aliphatic carbocycles. The highest BCUT2D eigenvalue weighted by molar-refractivity contribution is 7.99. The van der Waals surface area contributed by atoms with Crippen molar-refractivity contribution in [1.29, 1.82) is 5.26 Å². The van der Waals surface area contributed by atoms with Crippen LogP contribution in [0.3, 0.4) is 0 Å². The van der Waals surface area contributed by atoms with Crippen molar-refractivity contribution >= 4 is 23.4 Å². The van der Waals surface area contributed by atoms with Gasteiger partial charge in [-0.3, -0.25) is 4.79 Å². The highest BCUT2D eigenvalue weighted by atomic mass is 32.2. The molecule has 0 saturated heterocycles. The Hall–Kier alpha value is -3.03. The number of anilines is 1. The molecule has 28 heavy (non-hydrogen) atoms. The van der Waals surface area contributed by atoms with Crippen molar-refractivity contribution < 1.29 is 4.79 Å². The Balaban J connectivity index is 1.71. The molecule has 0 N–H and O–H groups in total. The minimum Gasteiger partial charge on any atom is -0.307 e. The lowest BCUT2D eigenvalue weighted by molar-refractivity contribution is -0.118. The molecule has 3 aromatic rings. The normalized spacial score (nSPS) is 11.4. The number of nitriles is 1. The molecule has 1 amide bonds. The fourth-order valence-corrected chi connectivity index (χ4v) is 3.76. The minimum absolute atomic E-state index is 0.0914. The Morgan fingerprint density at radius 1 is 0.929 bits per heavy atom. The summed E-state index contributed by atoms with van der Waals surface area (Å²) < 4.78 is 0. The van der Waals surface area contributed by atoms with E-state index in [0.717, 1.165) is 22.6 Å². The first kappa shape index (κ1) is 19.7. The van der Waals surface area contributed by atoms with E-state index in [1.807, 2.05) is 96.8 Å². The van der Waals surface area contributed by atoms with Gasteiger partial charge >= 0.3 is 0 Å². The first-order valence-electron chi connectivity index (χ1n) is 9.18. The largest absolute Gasteiger partial charge is 0.307 e. The number of hydrogen-bond donors (Lipinski definition) is 0. The van der Waals surface area contributed by atoms with E-state index in [9.17, 15) is 4.79 Å². The number of para-hydroxylation sites is 1. The number of benzene rings is 3. The molecule has 0 heterocycles. The van der Waals surface area contributed by atoms with Crippen LogP contribution in [0.25, 0.3) is 0 Å². The van der Waals surface area contributed by atoms with E-state index in [4.69, 9.17) is 5.26 Å². The van der Waals surface area contributed by atoms with Gasteiger partial charge in [-0.15, -0.1) is 11.8 Å². The standard InChI is InChI=1S/C24H22N2OS/c1-19(28-18-22-14-12-20(16-25)13-15-22)24(27)26(23-10-6-3-7-11-23)17-21-8-4-2-5-9-21/h2-15,19H,17-18H2,1H3. The van der Waals surface area contributed by atoms with Crippen molar-refractivity contribution in [2.45, 2.75) is 24.5 Å². The lowest BCUT2D eigenvalue weighted by atomic mass is 10.2. The number of carbonyl (C=O) groups is 1. The predicted molar refractivity (Wildman–Crippen MR) is 116 cm³/mol. The van der Waals surface area contributed by atoms with Crippen molar-refractivity contribution in [2.75, 3.05) is 4.90 Å². The minimum atomic E-state index is -0.181. The Labute approximate surface area is 170 Å². The van der Waals surface area contributed by atoms with Gasteiger partial charge in [-0.25, -0.2) is 0 Å². The van der Waals surface area contributed by atoms with Gasteiger partial charge in [-0.1, -0.05) is 60.7 Å². The van der Waals surface area contributed by atoms with Crippen LogP contribution in [0.2, 0.25) is 0 Å². The first-order valence-corrected chi connectivity index (χ1v) is 10.2. The number of thioether (sulfide) groups is 1. The highest BCUT2D eigenvalue weighted by Crippen LogP contribution is 2.24. The Morgan fingerprint density at radius 3 is 2.14 bits per heavy atom. The summed E-state index contributed by atoms with van der Waals surface area (Å²) in [5.41, 5.74) is 3.76. The Bertz CT molecular complexity index is 934. The molecule has 3 nitrogen and oxygen atoms in total. The zero-order chi connectivity index (χ0) is 19.8. The fourth-order valence-electron chi connectivity index (χ4n) is 2.86. The van der Waals surface area contributed by atoms with Crippen LogP contribution in [0.5, 0.6) is 0 Å². The molecule has 1 unspecified atom stereocenters. The summed E-state index contributed by atoms with van der Waals surface area (Å²) in [5.74, 6) is 0.820. The topological polar surface area (TPSA) is 44.1 Å². The Morgan fingerprint density at radius 2 is 1.54 bits per heavy atom. The molecule has 0 spiro atoms. The molecule has 0 bridgehead atoms. The molecular weight excluding hydrogens is 364 g/mol. The van der Waals surface area contributed by atoms with Gasteiger partial charge in [0.1, 0.15) is 0 Å². The molecular formula is C24H22N2OS. The smallest absolute Gasteiger partial charge is 0.240 e. The van der Waals surface area contributed by atoms with Crippen LogP contribution in [-0.4, -0.2) is 11.2 Å². The van der Waals surface area contributed by atoms with Crippen molar-refractivity contribution in [2.24, 2.45) is 0 Å². The molecule has 0 fully saturated rings. The second-order valence-corrected chi connectivity index (χ2v) is 7.84. The van der Waals surface area contributed by atoms with E-state index in [-0.39, 0.29) is 11.2 Å². The molecule has 3 rings (SSSR count). The van der Waals surface area contributed by atoms with Crippen molar-refractivity contribution in [1.82, 2.24) is 0 Å². The second kappa shape index (κ2) is 9.77. The van der Waals surface area contributed by atoms with Crippen LogP contribution in [-0.2, 0) is 17.1 Å². The van der Waals surface area contributed by atoms with Crippen LogP contribution >= 0.6 is 11.8 Å². The van der Waals surface area contributed by atoms with Gasteiger partial charge in [0.25, 0.3) is 0 Å². The summed E-state index contributed by atoms with van der Waals surface area (Å²) in [4.78, 5) is 15.1. The van der Waals surface area contributed by atoms with Gasteiger partial charge < -0.3 is 4.90 Å². The maximum absolute atomic E-state index is 13.2. The molecule has 3 aromatic carbocycles. The monoisotopic (exact) mass is 386 g/mol. The van der Waals surface area contributed by atoms with Crippen LogP contribution in [0.15, 0.2) is 84.9 Å². The summed E-state index contributed by atoms with van der Waals surface area (Å²) in [6.45, 7) is 2.50. The van der Waals surface area contributed by atoms with Gasteiger partial charge in [-0.05, 0) is 42.3 Å². The highest BCUT2D eigenvalue weighted by Gasteiger charge is 2.22. The molecule has 140 valence electrons. The lowest BCUT2D eigenvalue weighted by Crippen LogP contribution is -2.36. The number of hydrogen-bond acceptors (Lipinski definition) is 3. The van der Waals surface area contributed by atoms with E-state index in [1.54, 1.807) is 11.8 Å². The number of rotatable bonds is 7. The number of nitrogens with zero attached hydrogens (tertiary/aromatic N) is 2. The zero-order valence-electron chi connectivity index (χ0n) is 15.8. The van der Waals surface area contributed by atoms with Gasteiger partial charge in [0, 0.05) is 11.4 Å². The molecule has 4 heteroatoms. The van der Waals surface area contributed by atoms with Gasteiger partial charge in [-0.2, -0.15) is 5.26 Å². The van der Waals surface area contributed by atoms with E-state index in [0.29, 0.717) is 12.1 Å². The third-order valence-electron chi connectivity index (χ3n) is 4.45. The van der Waals surface area contributed by atoms with Gasteiger partial charge in [0.2, 0.25) is 5.91 Å². The van der Waals surface area contributed by atoms with Crippen molar-refractivity contribution in [3.8, 4) is 6.07 Å². The predicted octanol–water partition coefficient (Wildman–Crippen LogP) is 5.41. The van der Waals surface area contributed by atoms with Crippen LogP contribution in [0.1, 0.15) is 23.6 Å². The quantitative estimate of drug-likeness (QED) is 0.545. The average Bonchev–Trinajstić information content (AvgIpc) is 2.77. The molecule has 0 aliphatic heterocycles. The van der Waals surface area contributed by atoms with Crippen LogP contribution in [0.4, 0.5) is 5.69 Å². The molecule has 0 aliphatic rings. The Kier molecular flexibility index (Phi) is 6.89. The summed E-state index contributed by atoms with van der Waals surface area (Å²) in [6, 6.07) is 29.5. The number of amides is 1. The van der Waals surface area contributed by atoms with E-state index in [1.165, 1.54) is 0 Å². The maximum atomic E-state index is 13.2.